The maximum atomic E-state index is 13.3. The first kappa shape index (κ1) is 19.2. The van der Waals surface area contributed by atoms with Crippen molar-refractivity contribution in [1.29, 1.82) is 0 Å². The van der Waals surface area contributed by atoms with Gasteiger partial charge in [-0.2, -0.15) is 0 Å². The maximum Gasteiger partial charge on any atom is 0.313 e. The smallest absolute Gasteiger partial charge is 0.313 e. The minimum Gasteiger partial charge on any atom is -0.481 e. The molecule has 1 aliphatic heterocycles. The third-order valence-corrected chi connectivity index (χ3v) is 5.68. The third-order valence-electron chi connectivity index (χ3n) is 5.68. The van der Waals surface area contributed by atoms with Gasteiger partial charge in [0.1, 0.15) is 5.41 Å². The van der Waals surface area contributed by atoms with Crippen molar-refractivity contribution in [2.75, 3.05) is 40.0 Å². The molecule has 1 N–H and O–H groups in total. The van der Waals surface area contributed by atoms with Gasteiger partial charge in [0.25, 0.3) is 0 Å². The Hall–Kier alpha value is -1.14. The summed E-state index contributed by atoms with van der Waals surface area (Å²) in [6.07, 6.45) is 5.91. The molecular weight excluding hydrogens is 310 g/mol. The lowest BCUT2D eigenvalue weighted by Crippen LogP contribution is -2.55. The van der Waals surface area contributed by atoms with Gasteiger partial charge in [0, 0.05) is 33.4 Å². The van der Waals surface area contributed by atoms with Crippen LogP contribution in [0.5, 0.6) is 0 Å². The molecule has 6 nitrogen and oxygen atoms in total. The number of likely N-dealkylation sites (tertiary alicyclic amines) is 1. The molecule has 1 saturated carbocycles. The van der Waals surface area contributed by atoms with Crippen LogP contribution in [-0.2, 0) is 19.1 Å². The highest BCUT2D eigenvalue weighted by Gasteiger charge is 2.49. The Labute approximate surface area is 144 Å². The molecule has 0 radical (unpaired) electrons. The number of carbonyl (C=O) groups is 2. The normalized spacial score (nSPS) is 26.5. The van der Waals surface area contributed by atoms with Crippen LogP contribution in [-0.4, -0.2) is 61.9 Å². The van der Waals surface area contributed by atoms with E-state index in [1.807, 2.05) is 6.92 Å². The van der Waals surface area contributed by atoms with E-state index in [1.165, 1.54) is 7.11 Å². The van der Waals surface area contributed by atoms with E-state index >= 15 is 0 Å². The van der Waals surface area contributed by atoms with Gasteiger partial charge in [0.15, 0.2) is 0 Å². The van der Waals surface area contributed by atoms with E-state index in [-0.39, 0.29) is 24.5 Å². The molecule has 2 aliphatic rings. The maximum absolute atomic E-state index is 13.3. The molecule has 2 fully saturated rings. The lowest BCUT2D eigenvalue weighted by molar-refractivity contribution is -0.162. The monoisotopic (exact) mass is 341 g/mol. The number of piperidine rings is 1. The van der Waals surface area contributed by atoms with Crippen LogP contribution >= 0.6 is 0 Å². The number of amides is 1. The van der Waals surface area contributed by atoms with E-state index < -0.39 is 11.4 Å². The number of carboxylic acids is 1. The fraction of sp³-hybridized carbons (Fsp3) is 0.889. The Morgan fingerprint density at radius 2 is 1.79 bits per heavy atom. The molecule has 1 unspecified atom stereocenters. The van der Waals surface area contributed by atoms with E-state index in [0.717, 1.165) is 32.1 Å². The zero-order chi connectivity index (χ0) is 17.6. The van der Waals surface area contributed by atoms with Gasteiger partial charge in [0.05, 0.1) is 12.0 Å². The molecule has 1 amide bonds. The largest absolute Gasteiger partial charge is 0.481 e. The molecule has 1 aliphatic carbocycles. The summed E-state index contributed by atoms with van der Waals surface area (Å²) in [4.78, 5) is 26.9. The van der Waals surface area contributed by atoms with Gasteiger partial charge in [-0.05, 0) is 39.0 Å². The molecule has 0 aromatic carbocycles. The minimum absolute atomic E-state index is 0.126. The lowest BCUT2D eigenvalue weighted by atomic mass is 9.77. The molecule has 0 spiro atoms. The van der Waals surface area contributed by atoms with Crippen molar-refractivity contribution in [3.63, 3.8) is 0 Å². The SMILES string of the molecule is CCOCCC1(C(=O)N2CCCC(COC)(C(=O)O)C2)CCCC1. The van der Waals surface area contributed by atoms with Crippen molar-refractivity contribution >= 4 is 11.9 Å². The highest BCUT2D eigenvalue weighted by Crippen LogP contribution is 2.44. The predicted octanol–water partition coefficient (Wildman–Crippen LogP) is 2.31. The summed E-state index contributed by atoms with van der Waals surface area (Å²) in [5.41, 5.74) is -1.33. The molecular formula is C18H31NO5. The standard InChI is InChI=1S/C18H31NO5/c1-3-24-12-10-17(7-4-5-8-17)15(20)19-11-6-9-18(13-19,14-23-2)16(21)22/h3-14H2,1-2H3,(H,21,22). The number of ether oxygens (including phenoxy) is 2. The van der Waals surface area contributed by atoms with Gasteiger partial charge in [0.2, 0.25) is 5.91 Å². The van der Waals surface area contributed by atoms with E-state index in [2.05, 4.69) is 0 Å². The zero-order valence-corrected chi connectivity index (χ0v) is 15.0. The molecule has 1 atom stereocenters. The predicted molar refractivity (Wildman–Crippen MR) is 89.8 cm³/mol. The molecule has 24 heavy (non-hydrogen) atoms. The summed E-state index contributed by atoms with van der Waals surface area (Å²) in [5, 5.41) is 9.68. The fourth-order valence-electron chi connectivity index (χ4n) is 4.31. The second-order valence-electron chi connectivity index (χ2n) is 7.28. The first-order chi connectivity index (χ1) is 11.5. The van der Waals surface area contributed by atoms with Crippen LogP contribution in [0.3, 0.4) is 0 Å². The topological polar surface area (TPSA) is 76.1 Å². The number of carboxylic acid groups (broad SMARTS) is 1. The molecule has 0 aromatic rings. The molecule has 1 saturated heterocycles. The number of carbonyl (C=O) groups excluding carboxylic acids is 1. The van der Waals surface area contributed by atoms with Crippen LogP contribution in [0.2, 0.25) is 0 Å². The number of hydrogen-bond donors (Lipinski definition) is 1. The zero-order valence-electron chi connectivity index (χ0n) is 15.0. The fourth-order valence-corrected chi connectivity index (χ4v) is 4.31. The molecule has 138 valence electrons. The van der Waals surface area contributed by atoms with Crippen molar-refractivity contribution in [3.05, 3.63) is 0 Å². The van der Waals surface area contributed by atoms with Crippen molar-refractivity contribution in [3.8, 4) is 0 Å². The summed E-state index contributed by atoms with van der Waals surface area (Å²) < 4.78 is 10.7. The molecule has 2 rings (SSSR count). The molecule has 1 heterocycles. The Morgan fingerprint density at radius 1 is 1.12 bits per heavy atom. The highest BCUT2D eigenvalue weighted by molar-refractivity contribution is 5.84. The average molecular weight is 341 g/mol. The van der Waals surface area contributed by atoms with Gasteiger partial charge in [-0.3, -0.25) is 9.59 Å². The van der Waals surface area contributed by atoms with Crippen LogP contribution in [0.4, 0.5) is 0 Å². The summed E-state index contributed by atoms with van der Waals surface area (Å²) in [5.74, 6) is -0.738. The quantitative estimate of drug-likeness (QED) is 0.686. The van der Waals surface area contributed by atoms with Gasteiger partial charge in [-0.15, -0.1) is 0 Å². The highest BCUT2D eigenvalue weighted by atomic mass is 16.5. The number of rotatable bonds is 8. The first-order valence-corrected chi connectivity index (χ1v) is 9.09. The molecule has 0 bridgehead atoms. The Morgan fingerprint density at radius 3 is 2.38 bits per heavy atom. The Balaban J connectivity index is 2.12. The van der Waals surface area contributed by atoms with E-state index in [9.17, 15) is 14.7 Å². The van der Waals surface area contributed by atoms with Crippen LogP contribution in [0.15, 0.2) is 0 Å². The van der Waals surface area contributed by atoms with Crippen molar-refractivity contribution in [1.82, 2.24) is 4.90 Å². The Kier molecular flexibility index (Phi) is 6.63. The van der Waals surface area contributed by atoms with Crippen molar-refractivity contribution in [2.24, 2.45) is 10.8 Å². The first-order valence-electron chi connectivity index (χ1n) is 9.09. The molecule has 0 aromatic heterocycles. The summed E-state index contributed by atoms with van der Waals surface area (Å²) in [7, 11) is 1.52. The summed E-state index contributed by atoms with van der Waals surface area (Å²) in [6, 6.07) is 0. The Bertz CT molecular complexity index is 443. The van der Waals surface area contributed by atoms with E-state index in [4.69, 9.17) is 9.47 Å². The second kappa shape index (κ2) is 8.30. The van der Waals surface area contributed by atoms with E-state index in [0.29, 0.717) is 32.6 Å². The van der Waals surface area contributed by atoms with Gasteiger partial charge in [-0.25, -0.2) is 0 Å². The van der Waals surface area contributed by atoms with Gasteiger partial charge >= 0.3 is 5.97 Å². The van der Waals surface area contributed by atoms with Crippen LogP contribution in [0.25, 0.3) is 0 Å². The van der Waals surface area contributed by atoms with Gasteiger partial charge in [-0.1, -0.05) is 12.8 Å². The number of nitrogens with zero attached hydrogens (tertiary/aromatic N) is 1. The van der Waals surface area contributed by atoms with Crippen LogP contribution < -0.4 is 0 Å². The third kappa shape index (κ3) is 3.91. The number of hydrogen-bond acceptors (Lipinski definition) is 4. The minimum atomic E-state index is -0.970. The van der Waals surface area contributed by atoms with Crippen LogP contribution in [0.1, 0.15) is 51.9 Å². The number of methoxy groups -OCH3 is 1. The van der Waals surface area contributed by atoms with E-state index in [1.54, 1.807) is 4.90 Å². The molecule has 6 heteroatoms. The van der Waals surface area contributed by atoms with Gasteiger partial charge < -0.3 is 19.5 Å². The van der Waals surface area contributed by atoms with Crippen LogP contribution in [0, 0.1) is 10.8 Å². The van der Waals surface area contributed by atoms with Crippen molar-refractivity contribution in [2.45, 2.75) is 51.9 Å². The average Bonchev–Trinajstić information content (AvgIpc) is 3.05. The second-order valence-corrected chi connectivity index (χ2v) is 7.28. The van der Waals surface area contributed by atoms with Crippen molar-refractivity contribution < 1.29 is 24.2 Å². The number of aliphatic carboxylic acids is 1. The lowest BCUT2D eigenvalue weighted by Gasteiger charge is -2.43. The summed E-state index contributed by atoms with van der Waals surface area (Å²) >= 11 is 0. The summed E-state index contributed by atoms with van der Waals surface area (Å²) in [6.45, 7) is 4.26.